The van der Waals surface area contributed by atoms with Crippen LogP contribution in [0.5, 0.6) is 0 Å². The first-order valence-electron chi connectivity index (χ1n) is 6.87. The molecule has 0 amide bonds. The topological polar surface area (TPSA) is 51.8 Å². The van der Waals surface area contributed by atoms with E-state index in [-0.39, 0.29) is 0 Å². The van der Waals surface area contributed by atoms with Crippen molar-refractivity contribution in [3.63, 3.8) is 0 Å². The Labute approximate surface area is 113 Å². The van der Waals surface area contributed by atoms with Gasteiger partial charge < -0.3 is 5.73 Å². The Bertz CT molecular complexity index is 605. The van der Waals surface area contributed by atoms with Crippen molar-refractivity contribution in [2.75, 3.05) is 5.73 Å². The zero-order chi connectivity index (χ0) is 13.4. The molecule has 3 rings (SSSR count). The van der Waals surface area contributed by atoms with Gasteiger partial charge in [-0.05, 0) is 29.9 Å². The van der Waals surface area contributed by atoms with E-state index in [0.717, 1.165) is 24.4 Å². The first kappa shape index (κ1) is 12.2. The third-order valence-corrected chi connectivity index (χ3v) is 3.82. The first-order chi connectivity index (χ1) is 9.15. The highest BCUT2D eigenvalue weighted by atomic mass is 15.0. The highest BCUT2D eigenvalue weighted by molar-refractivity contribution is 5.41. The highest BCUT2D eigenvalue weighted by Gasteiger charge is 2.26. The number of anilines is 1. The molecule has 0 saturated heterocycles. The molecule has 1 aromatic carbocycles. The SMILES string of the molecule is CC(C)c1cc(N)nc(C2CCc3ccccc32)n1. The molecule has 0 spiro atoms. The van der Waals surface area contributed by atoms with Crippen LogP contribution in [0.3, 0.4) is 0 Å². The van der Waals surface area contributed by atoms with Crippen molar-refractivity contribution in [2.24, 2.45) is 0 Å². The third kappa shape index (κ3) is 2.21. The molecule has 2 aromatic rings. The standard InChI is InChI=1S/C16H19N3/c1-10(2)14-9-15(17)19-16(18-14)13-8-7-11-5-3-4-6-12(11)13/h3-6,9-10,13H,7-8H2,1-2H3,(H2,17,18,19). The van der Waals surface area contributed by atoms with Crippen molar-refractivity contribution >= 4 is 5.82 Å². The van der Waals surface area contributed by atoms with Gasteiger partial charge in [0, 0.05) is 17.7 Å². The maximum absolute atomic E-state index is 5.93. The molecule has 1 heterocycles. The molecular weight excluding hydrogens is 234 g/mol. The molecule has 0 aliphatic heterocycles. The number of nitrogens with two attached hydrogens (primary N) is 1. The molecule has 1 aliphatic rings. The van der Waals surface area contributed by atoms with E-state index in [1.165, 1.54) is 11.1 Å². The molecule has 3 heteroatoms. The van der Waals surface area contributed by atoms with E-state index in [4.69, 9.17) is 10.7 Å². The summed E-state index contributed by atoms with van der Waals surface area (Å²) in [5.74, 6) is 2.14. The lowest BCUT2D eigenvalue weighted by Crippen LogP contribution is -2.08. The summed E-state index contributed by atoms with van der Waals surface area (Å²) in [6.45, 7) is 4.27. The predicted molar refractivity (Wildman–Crippen MR) is 77.1 cm³/mol. The molecule has 98 valence electrons. The second-order valence-corrected chi connectivity index (χ2v) is 5.52. The largest absolute Gasteiger partial charge is 0.384 e. The molecule has 0 fully saturated rings. The molecular formula is C16H19N3. The fourth-order valence-corrected chi connectivity index (χ4v) is 2.78. The number of fused-ring (bicyclic) bond motifs is 1. The Kier molecular flexibility index (Phi) is 2.97. The zero-order valence-electron chi connectivity index (χ0n) is 11.4. The van der Waals surface area contributed by atoms with Crippen molar-refractivity contribution < 1.29 is 0 Å². The summed E-state index contributed by atoms with van der Waals surface area (Å²) in [4.78, 5) is 9.19. The van der Waals surface area contributed by atoms with E-state index in [0.29, 0.717) is 17.7 Å². The lowest BCUT2D eigenvalue weighted by atomic mass is 10.00. The van der Waals surface area contributed by atoms with Crippen LogP contribution in [-0.2, 0) is 6.42 Å². The molecule has 1 atom stereocenters. The Morgan fingerprint density at radius 1 is 1.21 bits per heavy atom. The molecule has 0 radical (unpaired) electrons. The molecule has 0 bridgehead atoms. The molecule has 3 nitrogen and oxygen atoms in total. The second-order valence-electron chi connectivity index (χ2n) is 5.52. The van der Waals surface area contributed by atoms with Gasteiger partial charge in [-0.3, -0.25) is 0 Å². The number of nitrogen functional groups attached to an aromatic ring is 1. The minimum atomic E-state index is 0.303. The van der Waals surface area contributed by atoms with E-state index in [1.54, 1.807) is 0 Å². The van der Waals surface area contributed by atoms with Gasteiger partial charge in [-0.1, -0.05) is 38.1 Å². The van der Waals surface area contributed by atoms with Crippen LogP contribution in [0, 0.1) is 0 Å². The van der Waals surface area contributed by atoms with Gasteiger partial charge in [-0.2, -0.15) is 0 Å². The van der Waals surface area contributed by atoms with Crippen molar-refractivity contribution in [1.82, 2.24) is 9.97 Å². The quantitative estimate of drug-likeness (QED) is 0.893. The lowest BCUT2D eigenvalue weighted by Gasteiger charge is -2.13. The van der Waals surface area contributed by atoms with Crippen molar-refractivity contribution in [2.45, 2.75) is 38.5 Å². The summed E-state index contributed by atoms with van der Waals surface area (Å²) in [5, 5.41) is 0. The van der Waals surface area contributed by atoms with Crippen LogP contribution in [0.25, 0.3) is 0 Å². The summed E-state index contributed by atoms with van der Waals surface area (Å²) >= 11 is 0. The minimum absolute atomic E-state index is 0.303. The number of rotatable bonds is 2. The molecule has 2 N–H and O–H groups in total. The van der Waals surface area contributed by atoms with E-state index in [1.807, 2.05) is 6.07 Å². The Morgan fingerprint density at radius 3 is 2.79 bits per heavy atom. The van der Waals surface area contributed by atoms with Gasteiger partial charge in [-0.15, -0.1) is 0 Å². The van der Waals surface area contributed by atoms with Crippen molar-refractivity contribution in [3.8, 4) is 0 Å². The van der Waals surface area contributed by atoms with Crippen LogP contribution in [-0.4, -0.2) is 9.97 Å². The predicted octanol–water partition coefficient (Wildman–Crippen LogP) is 3.26. The van der Waals surface area contributed by atoms with Gasteiger partial charge in [-0.25, -0.2) is 9.97 Å². The Balaban J connectivity index is 2.04. The van der Waals surface area contributed by atoms with Gasteiger partial charge in [0.1, 0.15) is 11.6 Å². The van der Waals surface area contributed by atoms with Gasteiger partial charge in [0.2, 0.25) is 0 Å². The van der Waals surface area contributed by atoms with Gasteiger partial charge in [0.05, 0.1) is 0 Å². The van der Waals surface area contributed by atoms with Crippen LogP contribution in [0.15, 0.2) is 30.3 Å². The van der Waals surface area contributed by atoms with Crippen molar-refractivity contribution in [3.05, 3.63) is 53.0 Å². The number of hydrogen-bond donors (Lipinski definition) is 1. The van der Waals surface area contributed by atoms with Crippen LogP contribution in [0.1, 0.15) is 54.7 Å². The van der Waals surface area contributed by atoms with Gasteiger partial charge >= 0.3 is 0 Å². The summed E-state index contributed by atoms with van der Waals surface area (Å²) < 4.78 is 0. The molecule has 1 aliphatic carbocycles. The first-order valence-corrected chi connectivity index (χ1v) is 6.87. The van der Waals surface area contributed by atoms with Crippen LogP contribution in [0.2, 0.25) is 0 Å². The Hall–Kier alpha value is -1.90. The van der Waals surface area contributed by atoms with Crippen LogP contribution in [0.4, 0.5) is 5.82 Å². The summed E-state index contributed by atoms with van der Waals surface area (Å²) in [5.41, 5.74) is 9.75. The highest BCUT2D eigenvalue weighted by Crippen LogP contribution is 2.36. The van der Waals surface area contributed by atoms with Crippen LogP contribution < -0.4 is 5.73 Å². The average molecular weight is 253 g/mol. The normalized spacial score (nSPS) is 17.7. The van der Waals surface area contributed by atoms with E-state index >= 15 is 0 Å². The fraction of sp³-hybridized carbons (Fsp3) is 0.375. The second kappa shape index (κ2) is 4.65. The minimum Gasteiger partial charge on any atom is -0.384 e. The monoisotopic (exact) mass is 253 g/mol. The van der Waals surface area contributed by atoms with Crippen molar-refractivity contribution in [1.29, 1.82) is 0 Å². The summed E-state index contributed by atoms with van der Waals surface area (Å²) in [7, 11) is 0. The Morgan fingerprint density at radius 2 is 2.00 bits per heavy atom. The molecule has 1 unspecified atom stereocenters. The maximum atomic E-state index is 5.93. The molecule has 1 aromatic heterocycles. The number of aromatic nitrogens is 2. The van der Waals surface area contributed by atoms with E-state index in [2.05, 4.69) is 43.1 Å². The fourth-order valence-electron chi connectivity index (χ4n) is 2.78. The molecule has 0 saturated carbocycles. The number of aryl methyl sites for hydroxylation is 1. The smallest absolute Gasteiger partial charge is 0.138 e. The van der Waals surface area contributed by atoms with E-state index in [9.17, 15) is 0 Å². The number of hydrogen-bond acceptors (Lipinski definition) is 3. The lowest BCUT2D eigenvalue weighted by molar-refractivity contribution is 0.705. The number of nitrogens with zero attached hydrogens (tertiary/aromatic N) is 2. The molecule has 19 heavy (non-hydrogen) atoms. The van der Waals surface area contributed by atoms with E-state index < -0.39 is 0 Å². The van der Waals surface area contributed by atoms with Gasteiger partial charge in [0.15, 0.2) is 0 Å². The summed E-state index contributed by atoms with van der Waals surface area (Å²) in [6, 6.07) is 10.5. The zero-order valence-corrected chi connectivity index (χ0v) is 11.4. The van der Waals surface area contributed by atoms with Crippen LogP contribution >= 0.6 is 0 Å². The van der Waals surface area contributed by atoms with Gasteiger partial charge in [0.25, 0.3) is 0 Å². The third-order valence-electron chi connectivity index (χ3n) is 3.82. The maximum Gasteiger partial charge on any atom is 0.138 e. The summed E-state index contributed by atoms with van der Waals surface area (Å²) in [6.07, 6.45) is 2.19. The average Bonchev–Trinajstić information content (AvgIpc) is 2.81. The number of benzene rings is 1.